The summed E-state index contributed by atoms with van der Waals surface area (Å²) >= 11 is 0. The van der Waals surface area contributed by atoms with E-state index in [2.05, 4.69) is 34.1 Å². The van der Waals surface area contributed by atoms with Crippen LogP contribution in [0.5, 0.6) is 0 Å². The first kappa shape index (κ1) is 13.5. The summed E-state index contributed by atoms with van der Waals surface area (Å²) in [5.41, 5.74) is 2.09. The summed E-state index contributed by atoms with van der Waals surface area (Å²) in [6.45, 7) is 3.60. The van der Waals surface area contributed by atoms with Crippen molar-refractivity contribution in [2.45, 2.75) is 19.3 Å². The first-order chi connectivity index (χ1) is 10.1. The molecule has 3 rings (SSSR count). The smallest absolute Gasteiger partial charge is 0.290 e. The first-order valence-electron chi connectivity index (χ1n) is 7.06. The number of nitro groups is 1. The minimum atomic E-state index is -0.386. The molecule has 21 heavy (non-hydrogen) atoms. The predicted octanol–water partition coefficient (Wildman–Crippen LogP) is 3.29. The third-order valence-corrected chi connectivity index (χ3v) is 4.05. The number of hydrogen-bond acceptors (Lipinski definition) is 4. The fraction of sp³-hybridized carbons (Fsp3) is 0.312. The third kappa shape index (κ3) is 2.72. The van der Waals surface area contributed by atoms with Crippen LogP contribution < -0.4 is 4.90 Å². The minimum Gasteiger partial charge on any atom is -0.356 e. The summed E-state index contributed by atoms with van der Waals surface area (Å²) in [6, 6.07) is 12.3. The van der Waals surface area contributed by atoms with Crippen LogP contribution >= 0.6 is 0 Å². The molecule has 0 amide bonds. The van der Waals surface area contributed by atoms with E-state index >= 15 is 0 Å². The van der Waals surface area contributed by atoms with Crippen molar-refractivity contribution >= 4 is 11.5 Å². The second-order valence-corrected chi connectivity index (χ2v) is 5.43. The molecule has 1 fully saturated rings. The van der Waals surface area contributed by atoms with Crippen LogP contribution in [0.15, 0.2) is 42.6 Å². The van der Waals surface area contributed by atoms with Gasteiger partial charge in [0.2, 0.25) is 0 Å². The van der Waals surface area contributed by atoms with Gasteiger partial charge in [0.05, 0.1) is 4.92 Å². The van der Waals surface area contributed by atoms with Crippen molar-refractivity contribution in [3.05, 3.63) is 63.8 Å². The molecule has 0 spiro atoms. The van der Waals surface area contributed by atoms with E-state index < -0.39 is 0 Å². The van der Waals surface area contributed by atoms with Crippen LogP contribution in [-0.4, -0.2) is 23.0 Å². The molecule has 1 aromatic carbocycles. The highest BCUT2D eigenvalue weighted by molar-refractivity contribution is 5.49. The summed E-state index contributed by atoms with van der Waals surface area (Å²) in [5, 5.41) is 10.8. The summed E-state index contributed by atoms with van der Waals surface area (Å²) in [5.74, 6) is 1.33. The number of hydrogen-bond donors (Lipinski definition) is 0. The zero-order chi connectivity index (χ0) is 14.8. The molecule has 0 saturated carbocycles. The molecule has 1 saturated heterocycles. The van der Waals surface area contributed by atoms with E-state index in [9.17, 15) is 10.1 Å². The maximum atomic E-state index is 10.8. The Kier molecular flexibility index (Phi) is 3.56. The minimum absolute atomic E-state index is 0.0811. The van der Waals surface area contributed by atoms with Crippen molar-refractivity contribution in [2.75, 3.05) is 18.0 Å². The van der Waals surface area contributed by atoms with Gasteiger partial charge >= 0.3 is 0 Å². The van der Waals surface area contributed by atoms with Crippen LogP contribution in [0.2, 0.25) is 0 Å². The Morgan fingerprint density at radius 2 is 2.10 bits per heavy atom. The van der Waals surface area contributed by atoms with Gasteiger partial charge < -0.3 is 4.90 Å². The molecule has 0 radical (unpaired) electrons. The van der Waals surface area contributed by atoms with E-state index in [0.29, 0.717) is 11.5 Å². The van der Waals surface area contributed by atoms with Gasteiger partial charge in [-0.15, -0.1) is 0 Å². The van der Waals surface area contributed by atoms with Crippen LogP contribution in [-0.2, 0) is 0 Å². The van der Waals surface area contributed by atoms with Crippen molar-refractivity contribution in [1.82, 2.24) is 4.98 Å². The van der Waals surface area contributed by atoms with Gasteiger partial charge in [-0.05, 0) is 25.0 Å². The number of anilines is 1. The average Bonchev–Trinajstić information content (AvgIpc) is 2.97. The summed E-state index contributed by atoms with van der Waals surface area (Å²) in [7, 11) is 0. The molecule has 108 valence electrons. The van der Waals surface area contributed by atoms with E-state index in [1.807, 2.05) is 12.1 Å². The highest BCUT2D eigenvalue weighted by Gasteiger charge is 2.25. The normalized spacial score (nSPS) is 18.0. The zero-order valence-corrected chi connectivity index (χ0v) is 11.9. The lowest BCUT2D eigenvalue weighted by Crippen LogP contribution is -2.20. The molecule has 2 heterocycles. The average molecular weight is 283 g/mol. The Morgan fingerprint density at radius 3 is 2.76 bits per heavy atom. The molecule has 5 heteroatoms. The van der Waals surface area contributed by atoms with E-state index in [1.165, 1.54) is 11.8 Å². The van der Waals surface area contributed by atoms with Crippen molar-refractivity contribution in [1.29, 1.82) is 0 Å². The quantitative estimate of drug-likeness (QED) is 0.640. The topological polar surface area (TPSA) is 59.3 Å². The van der Waals surface area contributed by atoms with Crippen LogP contribution in [0.3, 0.4) is 0 Å². The van der Waals surface area contributed by atoms with Gasteiger partial charge in [-0.2, -0.15) is 0 Å². The largest absolute Gasteiger partial charge is 0.356 e. The molecule has 2 aromatic rings. The molecule has 1 unspecified atom stereocenters. The Morgan fingerprint density at radius 1 is 1.33 bits per heavy atom. The number of aryl methyl sites for hydroxylation is 1. The highest BCUT2D eigenvalue weighted by atomic mass is 16.6. The van der Waals surface area contributed by atoms with Gasteiger partial charge in [-0.25, -0.2) is 4.98 Å². The number of aromatic nitrogens is 1. The molecular weight excluding hydrogens is 266 g/mol. The van der Waals surface area contributed by atoms with E-state index in [-0.39, 0.29) is 10.6 Å². The van der Waals surface area contributed by atoms with Crippen LogP contribution in [0, 0.1) is 17.0 Å². The Bertz CT molecular complexity index is 658. The number of nitrogens with zero attached hydrogens (tertiary/aromatic N) is 3. The lowest BCUT2D eigenvalue weighted by molar-refractivity contribution is -0.385. The Balaban J connectivity index is 1.77. The van der Waals surface area contributed by atoms with Crippen LogP contribution in [0.25, 0.3) is 0 Å². The molecule has 0 N–H and O–H groups in total. The standard InChI is InChI=1S/C16H17N3O2/c1-12-9-16(17-10-15(12)19(20)21)18-8-7-14(11-18)13-5-3-2-4-6-13/h2-6,9-10,14H,7-8,11H2,1H3. The number of rotatable bonds is 3. The lowest BCUT2D eigenvalue weighted by atomic mass is 9.99. The first-order valence-corrected chi connectivity index (χ1v) is 7.06. The van der Waals surface area contributed by atoms with E-state index in [1.54, 1.807) is 6.92 Å². The Labute approximate surface area is 123 Å². The highest BCUT2D eigenvalue weighted by Crippen LogP contribution is 2.31. The Hall–Kier alpha value is -2.43. The van der Waals surface area contributed by atoms with E-state index in [0.717, 1.165) is 25.3 Å². The third-order valence-electron chi connectivity index (χ3n) is 4.05. The number of benzene rings is 1. The van der Waals surface area contributed by atoms with Gasteiger partial charge in [0, 0.05) is 24.6 Å². The zero-order valence-electron chi connectivity index (χ0n) is 11.9. The fourth-order valence-corrected chi connectivity index (χ4v) is 2.86. The second kappa shape index (κ2) is 5.52. The molecule has 1 aromatic heterocycles. The lowest BCUT2D eigenvalue weighted by Gasteiger charge is -2.18. The second-order valence-electron chi connectivity index (χ2n) is 5.43. The van der Waals surface area contributed by atoms with Gasteiger partial charge in [0.1, 0.15) is 12.0 Å². The monoisotopic (exact) mass is 283 g/mol. The van der Waals surface area contributed by atoms with Crippen LogP contribution in [0.1, 0.15) is 23.5 Å². The molecule has 1 atom stereocenters. The van der Waals surface area contributed by atoms with Crippen molar-refractivity contribution < 1.29 is 4.92 Å². The maximum Gasteiger partial charge on any atom is 0.290 e. The molecule has 0 aliphatic carbocycles. The molecule has 1 aliphatic heterocycles. The van der Waals surface area contributed by atoms with Gasteiger partial charge in [0.15, 0.2) is 0 Å². The van der Waals surface area contributed by atoms with Gasteiger partial charge in [-0.1, -0.05) is 30.3 Å². The molecule has 1 aliphatic rings. The van der Waals surface area contributed by atoms with Crippen molar-refractivity contribution in [3.8, 4) is 0 Å². The summed E-state index contributed by atoms with van der Waals surface area (Å²) < 4.78 is 0. The maximum absolute atomic E-state index is 10.8. The van der Waals surface area contributed by atoms with Crippen LogP contribution in [0.4, 0.5) is 11.5 Å². The summed E-state index contributed by atoms with van der Waals surface area (Å²) in [6.07, 6.45) is 2.45. The summed E-state index contributed by atoms with van der Waals surface area (Å²) in [4.78, 5) is 16.9. The molecule has 5 nitrogen and oxygen atoms in total. The van der Waals surface area contributed by atoms with Gasteiger partial charge in [-0.3, -0.25) is 10.1 Å². The number of pyridine rings is 1. The fourth-order valence-electron chi connectivity index (χ4n) is 2.86. The SMILES string of the molecule is Cc1cc(N2CCC(c3ccccc3)C2)ncc1[N+](=O)[O-]. The van der Waals surface area contributed by atoms with Crippen molar-refractivity contribution in [2.24, 2.45) is 0 Å². The predicted molar refractivity (Wildman–Crippen MR) is 81.6 cm³/mol. The van der Waals surface area contributed by atoms with E-state index in [4.69, 9.17) is 0 Å². The molecule has 0 bridgehead atoms. The van der Waals surface area contributed by atoms with Gasteiger partial charge in [0.25, 0.3) is 5.69 Å². The molecular formula is C16H17N3O2. The van der Waals surface area contributed by atoms with Crippen molar-refractivity contribution in [3.63, 3.8) is 0 Å².